The molecule has 1 aromatic heterocycles. The van der Waals surface area contributed by atoms with E-state index in [0.29, 0.717) is 23.8 Å². The Morgan fingerprint density at radius 2 is 1.79 bits per heavy atom. The Hall–Kier alpha value is -2.82. The molecule has 0 saturated carbocycles. The fraction of sp³-hybridized carbons (Fsp3) is 0.211. The minimum absolute atomic E-state index is 0.294. The van der Waals surface area contributed by atoms with Crippen molar-refractivity contribution in [3.8, 4) is 11.3 Å². The van der Waals surface area contributed by atoms with E-state index in [9.17, 15) is 4.39 Å². The predicted octanol–water partition coefficient (Wildman–Crippen LogP) is 3.88. The van der Waals surface area contributed by atoms with Gasteiger partial charge in [-0.3, -0.25) is 0 Å². The zero-order valence-electron chi connectivity index (χ0n) is 13.8. The normalized spacial score (nSPS) is 10.6. The van der Waals surface area contributed by atoms with Gasteiger partial charge >= 0.3 is 0 Å². The number of hydrogen-bond donors (Lipinski definition) is 0. The van der Waals surface area contributed by atoms with Gasteiger partial charge < -0.3 is 4.90 Å². The summed E-state index contributed by atoms with van der Waals surface area (Å²) < 4.78 is 13.4. The molecule has 2 aromatic carbocycles. The number of aromatic nitrogens is 3. The summed E-state index contributed by atoms with van der Waals surface area (Å²) in [4.78, 5) is 6.43. The first kappa shape index (κ1) is 16.1. The Labute approximate surface area is 141 Å². The topological polar surface area (TPSA) is 41.9 Å². The third kappa shape index (κ3) is 3.74. The largest absolute Gasteiger partial charge is 0.338 e. The van der Waals surface area contributed by atoms with E-state index in [-0.39, 0.29) is 5.82 Å². The van der Waals surface area contributed by atoms with Gasteiger partial charge in [-0.25, -0.2) is 9.37 Å². The fourth-order valence-electron chi connectivity index (χ4n) is 2.47. The van der Waals surface area contributed by atoms with E-state index < -0.39 is 0 Å². The lowest BCUT2D eigenvalue weighted by Gasteiger charge is -2.17. The molecule has 0 amide bonds. The van der Waals surface area contributed by atoms with Crippen LogP contribution < -0.4 is 4.90 Å². The van der Waals surface area contributed by atoms with Crippen molar-refractivity contribution in [2.75, 3.05) is 11.9 Å². The lowest BCUT2D eigenvalue weighted by molar-refractivity contribution is 0.628. The molecule has 122 valence electrons. The molecule has 0 N–H and O–H groups in total. The summed E-state index contributed by atoms with van der Waals surface area (Å²) in [5, 5.41) is 8.09. The van der Waals surface area contributed by atoms with Crippen molar-refractivity contribution in [3.05, 3.63) is 71.7 Å². The monoisotopic (exact) mass is 322 g/mol. The lowest BCUT2D eigenvalue weighted by Crippen LogP contribution is -2.19. The zero-order chi connectivity index (χ0) is 16.9. The molecule has 0 saturated heterocycles. The highest BCUT2D eigenvalue weighted by Gasteiger charge is 2.09. The number of nitrogens with zero attached hydrogens (tertiary/aromatic N) is 4. The first-order valence-corrected chi connectivity index (χ1v) is 7.90. The van der Waals surface area contributed by atoms with Crippen molar-refractivity contribution in [2.24, 2.45) is 0 Å². The average Bonchev–Trinajstić information content (AvgIpc) is 2.62. The summed E-state index contributed by atoms with van der Waals surface area (Å²) in [5.41, 5.74) is 3.78. The van der Waals surface area contributed by atoms with Gasteiger partial charge in [-0.1, -0.05) is 43.3 Å². The first-order valence-electron chi connectivity index (χ1n) is 7.90. The van der Waals surface area contributed by atoms with Crippen molar-refractivity contribution >= 4 is 5.95 Å². The second-order valence-electron chi connectivity index (χ2n) is 5.68. The van der Waals surface area contributed by atoms with Gasteiger partial charge in [0.2, 0.25) is 5.95 Å². The summed E-state index contributed by atoms with van der Waals surface area (Å²) in [6.45, 7) is 2.82. The van der Waals surface area contributed by atoms with Crippen molar-refractivity contribution in [3.63, 3.8) is 0 Å². The van der Waals surface area contributed by atoms with E-state index in [4.69, 9.17) is 0 Å². The molecule has 5 heteroatoms. The number of aryl methyl sites for hydroxylation is 1. The minimum Gasteiger partial charge on any atom is -0.338 e. The first-order chi connectivity index (χ1) is 11.7. The molecule has 0 aliphatic carbocycles. The predicted molar refractivity (Wildman–Crippen MR) is 93.1 cm³/mol. The molecular formula is C19H19FN4. The molecule has 0 radical (unpaired) electrons. The van der Waals surface area contributed by atoms with E-state index in [0.717, 1.165) is 6.42 Å². The molecule has 0 atom stereocenters. The Kier molecular flexibility index (Phi) is 4.79. The summed E-state index contributed by atoms with van der Waals surface area (Å²) in [7, 11) is 1.92. The van der Waals surface area contributed by atoms with Gasteiger partial charge in [-0.2, -0.15) is 5.10 Å². The smallest absolute Gasteiger partial charge is 0.245 e. The van der Waals surface area contributed by atoms with E-state index in [1.54, 1.807) is 18.3 Å². The van der Waals surface area contributed by atoms with Crippen LogP contribution >= 0.6 is 0 Å². The van der Waals surface area contributed by atoms with Crippen LogP contribution in [0.3, 0.4) is 0 Å². The van der Waals surface area contributed by atoms with Crippen molar-refractivity contribution < 1.29 is 4.39 Å². The second-order valence-corrected chi connectivity index (χ2v) is 5.68. The average molecular weight is 322 g/mol. The Balaban J connectivity index is 1.79. The lowest BCUT2D eigenvalue weighted by atomic mass is 10.1. The number of hydrogen-bond acceptors (Lipinski definition) is 4. The fourth-order valence-corrected chi connectivity index (χ4v) is 2.47. The number of rotatable bonds is 5. The third-order valence-corrected chi connectivity index (χ3v) is 3.86. The highest BCUT2D eigenvalue weighted by atomic mass is 19.1. The summed E-state index contributed by atoms with van der Waals surface area (Å²) in [5.74, 6) is 0.216. The minimum atomic E-state index is -0.294. The standard InChI is InChI=1S/C19H19FN4/c1-3-14-7-9-15(10-8-14)13-24(2)19-22-18(12-21-23-19)16-5-4-6-17(20)11-16/h4-12H,3,13H2,1-2H3. The van der Waals surface area contributed by atoms with Gasteiger partial charge in [-0.15, -0.1) is 5.10 Å². The molecule has 0 aliphatic rings. The highest BCUT2D eigenvalue weighted by Crippen LogP contribution is 2.19. The van der Waals surface area contributed by atoms with Gasteiger partial charge in [0, 0.05) is 19.2 Å². The molecule has 4 nitrogen and oxygen atoms in total. The summed E-state index contributed by atoms with van der Waals surface area (Å²) >= 11 is 0. The molecule has 0 fully saturated rings. The molecule has 3 aromatic rings. The van der Waals surface area contributed by atoms with Crippen LogP contribution in [0.5, 0.6) is 0 Å². The van der Waals surface area contributed by atoms with Crippen LogP contribution in [0.2, 0.25) is 0 Å². The van der Waals surface area contributed by atoms with Gasteiger partial charge in [0.05, 0.1) is 11.9 Å². The van der Waals surface area contributed by atoms with E-state index in [1.807, 2.05) is 11.9 Å². The third-order valence-electron chi connectivity index (χ3n) is 3.86. The maximum atomic E-state index is 13.4. The van der Waals surface area contributed by atoms with E-state index in [2.05, 4.69) is 46.4 Å². The van der Waals surface area contributed by atoms with Gasteiger partial charge in [-0.05, 0) is 29.7 Å². The summed E-state index contributed by atoms with van der Waals surface area (Å²) in [6.07, 6.45) is 2.57. The van der Waals surface area contributed by atoms with E-state index in [1.165, 1.54) is 23.3 Å². The molecule has 0 spiro atoms. The van der Waals surface area contributed by atoms with Crippen LogP contribution in [0.25, 0.3) is 11.3 Å². The van der Waals surface area contributed by atoms with Gasteiger partial charge in [0.25, 0.3) is 0 Å². The molecule has 1 heterocycles. The Morgan fingerprint density at radius 1 is 1.04 bits per heavy atom. The van der Waals surface area contributed by atoms with Crippen molar-refractivity contribution in [1.29, 1.82) is 0 Å². The van der Waals surface area contributed by atoms with Crippen LogP contribution in [0.4, 0.5) is 10.3 Å². The zero-order valence-corrected chi connectivity index (χ0v) is 13.8. The van der Waals surface area contributed by atoms with Gasteiger partial charge in [0.1, 0.15) is 5.82 Å². The molecular weight excluding hydrogens is 303 g/mol. The SMILES string of the molecule is CCc1ccc(CN(C)c2nncc(-c3cccc(F)c3)n2)cc1. The van der Waals surface area contributed by atoms with E-state index >= 15 is 0 Å². The quantitative estimate of drug-likeness (QED) is 0.715. The van der Waals surface area contributed by atoms with Crippen molar-refractivity contribution in [2.45, 2.75) is 19.9 Å². The number of halogens is 1. The Morgan fingerprint density at radius 3 is 2.50 bits per heavy atom. The van der Waals surface area contributed by atoms with Crippen LogP contribution in [-0.2, 0) is 13.0 Å². The molecule has 3 rings (SSSR count). The molecule has 0 aliphatic heterocycles. The van der Waals surface area contributed by atoms with Crippen LogP contribution in [-0.4, -0.2) is 22.2 Å². The van der Waals surface area contributed by atoms with Crippen LogP contribution in [0.1, 0.15) is 18.1 Å². The molecule has 0 bridgehead atoms. The molecule has 0 unspecified atom stereocenters. The van der Waals surface area contributed by atoms with Crippen LogP contribution in [0, 0.1) is 5.82 Å². The molecule has 24 heavy (non-hydrogen) atoms. The highest BCUT2D eigenvalue weighted by molar-refractivity contribution is 5.59. The number of anilines is 1. The maximum Gasteiger partial charge on any atom is 0.245 e. The second kappa shape index (κ2) is 7.17. The Bertz CT molecular complexity index is 818. The van der Waals surface area contributed by atoms with Crippen LogP contribution in [0.15, 0.2) is 54.7 Å². The van der Waals surface area contributed by atoms with Crippen molar-refractivity contribution in [1.82, 2.24) is 15.2 Å². The maximum absolute atomic E-state index is 13.4. The van der Waals surface area contributed by atoms with Gasteiger partial charge in [0.15, 0.2) is 0 Å². The number of benzene rings is 2. The summed E-state index contributed by atoms with van der Waals surface area (Å²) in [6, 6.07) is 14.8.